The molecule has 1 aromatic carbocycles. The smallest absolute Gasteiger partial charge is 0.315 e. The lowest BCUT2D eigenvalue weighted by atomic mass is 9.81. The summed E-state index contributed by atoms with van der Waals surface area (Å²) in [6, 6.07) is 7.30. The number of tetrazole rings is 1. The lowest BCUT2D eigenvalue weighted by Gasteiger charge is -2.36. The first kappa shape index (κ1) is 16.2. The van der Waals surface area contributed by atoms with Gasteiger partial charge in [-0.2, -0.15) is 4.68 Å². The van der Waals surface area contributed by atoms with Gasteiger partial charge in [-0.05, 0) is 47.5 Å². The summed E-state index contributed by atoms with van der Waals surface area (Å²) in [5.41, 5.74) is 0.279. The van der Waals surface area contributed by atoms with Gasteiger partial charge < -0.3 is 15.4 Å². The van der Waals surface area contributed by atoms with E-state index in [2.05, 4.69) is 26.2 Å². The molecule has 3 rings (SSSR count). The van der Waals surface area contributed by atoms with E-state index in [1.54, 1.807) is 18.8 Å². The summed E-state index contributed by atoms with van der Waals surface area (Å²) >= 11 is 0. The van der Waals surface area contributed by atoms with Gasteiger partial charge in [-0.1, -0.05) is 19.3 Å². The summed E-state index contributed by atoms with van der Waals surface area (Å²) in [6.45, 7) is 0. The predicted octanol–water partition coefficient (Wildman–Crippen LogP) is 1.76. The van der Waals surface area contributed by atoms with Crippen LogP contribution < -0.4 is 15.4 Å². The highest BCUT2D eigenvalue weighted by Gasteiger charge is 2.40. The first-order valence-electron chi connectivity index (χ1n) is 8.12. The van der Waals surface area contributed by atoms with Gasteiger partial charge in [-0.3, -0.25) is 0 Å². The highest BCUT2D eigenvalue weighted by atomic mass is 16.5. The first-order chi connectivity index (χ1) is 11.7. The number of hydrogen-bond donors (Lipinski definition) is 2. The number of hydrogen-bond acceptors (Lipinski definition) is 5. The molecule has 8 nitrogen and oxygen atoms in total. The van der Waals surface area contributed by atoms with E-state index in [9.17, 15) is 4.79 Å². The summed E-state index contributed by atoms with van der Waals surface area (Å²) < 4.78 is 6.89. The maximum Gasteiger partial charge on any atom is 0.315 e. The maximum atomic E-state index is 12.0. The second-order valence-corrected chi connectivity index (χ2v) is 5.96. The molecule has 1 aromatic heterocycles. The van der Waals surface area contributed by atoms with Gasteiger partial charge in [-0.25, -0.2) is 4.79 Å². The summed E-state index contributed by atoms with van der Waals surface area (Å²) in [5, 5.41) is 17.9. The second kappa shape index (κ2) is 6.86. The minimum atomic E-state index is -0.554. The number of ether oxygens (including phenoxy) is 1. The van der Waals surface area contributed by atoms with Crippen molar-refractivity contribution in [2.24, 2.45) is 0 Å². The third-order valence-corrected chi connectivity index (χ3v) is 4.50. The van der Waals surface area contributed by atoms with E-state index >= 15 is 0 Å². The average molecular weight is 330 g/mol. The van der Waals surface area contributed by atoms with Gasteiger partial charge >= 0.3 is 6.03 Å². The Morgan fingerprint density at radius 2 is 1.92 bits per heavy atom. The van der Waals surface area contributed by atoms with Crippen molar-refractivity contribution in [3.8, 4) is 11.4 Å². The van der Waals surface area contributed by atoms with Crippen molar-refractivity contribution in [1.29, 1.82) is 0 Å². The summed E-state index contributed by atoms with van der Waals surface area (Å²) in [4.78, 5) is 12.0. The van der Waals surface area contributed by atoms with Gasteiger partial charge in [-0.15, -0.1) is 5.10 Å². The van der Waals surface area contributed by atoms with Gasteiger partial charge in [0.05, 0.1) is 12.8 Å². The number of amides is 2. The zero-order chi connectivity index (χ0) is 17.0. The van der Waals surface area contributed by atoms with Crippen molar-refractivity contribution >= 4 is 6.03 Å². The van der Waals surface area contributed by atoms with Crippen molar-refractivity contribution in [1.82, 2.24) is 30.8 Å². The molecule has 0 bridgehead atoms. The molecular weight excluding hydrogens is 308 g/mol. The van der Waals surface area contributed by atoms with Crippen LogP contribution in [0.5, 0.6) is 5.75 Å². The molecule has 2 aromatic rings. The fraction of sp³-hybridized carbons (Fsp3) is 0.500. The van der Waals surface area contributed by atoms with Crippen LogP contribution in [-0.4, -0.2) is 40.4 Å². The van der Waals surface area contributed by atoms with Crippen molar-refractivity contribution < 1.29 is 9.53 Å². The van der Waals surface area contributed by atoms with Crippen LogP contribution in [0.25, 0.3) is 5.69 Å². The summed E-state index contributed by atoms with van der Waals surface area (Å²) in [7, 11) is 3.24. The van der Waals surface area contributed by atoms with Crippen molar-refractivity contribution in [2.75, 3.05) is 14.2 Å². The number of aromatic nitrogens is 4. The quantitative estimate of drug-likeness (QED) is 0.891. The molecule has 1 heterocycles. The second-order valence-electron chi connectivity index (χ2n) is 5.96. The van der Waals surface area contributed by atoms with Crippen molar-refractivity contribution in [3.05, 3.63) is 30.1 Å². The van der Waals surface area contributed by atoms with Crippen molar-refractivity contribution in [2.45, 2.75) is 37.6 Å². The zero-order valence-electron chi connectivity index (χ0n) is 14.0. The Morgan fingerprint density at radius 3 is 2.54 bits per heavy atom. The van der Waals surface area contributed by atoms with Gasteiger partial charge in [0.2, 0.25) is 0 Å². The number of carbonyl (C=O) groups excluding carboxylic acids is 1. The van der Waals surface area contributed by atoms with E-state index in [0.29, 0.717) is 5.82 Å². The molecule has 1 saturated carbocycles. The molecule has 0 atom stereocenters. The van der Waals surface area contributed by atoms with Gasteiger partial charge in [0, 0.05) is 7.05 Å². The molecule has 0 aliphatic heterocycles. The Kier molecular flexibility index (Phi) is 4.64. The van der Waals surface area contributed by atoms with E-state index in [0.717, 1.165) is 43.5 Å². The SMILES string of the molecule is CNC(=O)NC1(c2nnnn2-c2ccc(OC)cc2)CCCCC1. The normalized spacial score (nSPS) is 16.4. The first-order valence-corrected chi connectivity index (χ1v) is 8.12. The number of benzene rings is 1. The highest BCUT2D eigenvalue weighted by Crippen LogP contribution is 2.36. The van der Waals surface area contributed by atoms with Crippen LogP contribution in [0.4, 0.5) is 4.79 Å². The van der Waals surface area contributed by atoms with Crippen LogP contribution in [0.2, 0.25) is 0 Å². The number of nitrogens with one attached hydrogen (secondary N) is 2. The molecule has 1 aliphatic rings. The van der Waals surface area contributed by atoms with Crippen LogP contribution in [0.15, 0.2) is 24.3 Å². The minimum absolute atomic E-state index is 0.221. The molecule has 0 spiro atoms. The molecule has 0 unspecified atom stereocenters. The molecule has 8 heteroatoms. The molecule has 2 N–H and O–H groups in total. The zero-order valence-corrected chi connectivity index (χ0v) is 14.0. The van der Waals surface area contributed by atoms with Gasteiger partial charge in [0.15, 0.2) is 5.82 Å². The third-order valence-electron chi connectivity index (χ3n) is 4.50. The van der Waals surface area contributed by atoms with Crippen LogP contribution in [0.1, 0.15) is 37.9 Å². The monoisotopic (exact) mass is 330 g/mol. The molecule has 0 saturated heterocycles. The molecule has 128 valence electrons. The van der Waals surface area contributed by atoms with Crippen LogP contribution in [0.3, 0.4) is 0 Å². The fourth-order valence-corrected chi connectivity index (χ4v) is 3.22. The molecule has 2 amide bonds. The summed E-state index contributed by atoms with van der Waals surface area (Å²) in [6.07, 6.45) is 4.84. The largest absolute Gasteiger partial charge is 0.497 e. The topological polar surface area (TPSA) is 94.0 Å². The van der Waals surface area contributed by atoms with E-state index in [1.807, 2.05) is 24.3 Å². The Balaban J connectivity index is 1.99. The van der Waals surface area contributed by atoms with E-state index in [-0.39, 0.29) is 6.03 Å². The van der Waals surface area contributed by atoms with Crippen molar-refractivity contribution in [3.63, 3.8) is 0 Å². The third kappa shape index (κ3) is 3.04. The van der Waals surface area contributed by atoms with Gasteiger partial charge in [0.1, 0.15) is 11.3 Å². The molecule has 0 radical (unpaired) electrons. The highest BCUT2D eigenvalue weighted by molar-refractivity contribution is 5.74. The molecular formula is C16H22N6O2. The maximum absolute atomic E-state index is 12.0. The van der Waals surface area contributed by atoms with E-state index in [1.165, 1.54) is 0 Å². The van der Waals surface area contributed by atoms with Crippen LogP contribution >= 0.6 is 0 Å². The van der Waals surface area contributed by atoms with Gasteiger partial charge in [0.25, 0.3) is 0 Å². The minimum Gasteiger partial charge on any atom is -0.497 e. The fourth-order valence-electron chi connectivity index (χ4n) is 3.22. The van der Waals surface area contributed by atoms with Crippen LogP contribution in [0, 0.1) is 0 Å². The lowest BCUT2D eigenvalue weighted by molar-refractivity contribution is 0.196. The number of urea groups is 1. The number of rotatable bonds is 4. The Morgan fingerprint density at radius 1 is 1.21 bits per heavy atom. The average Bonchev–Trinajstić information content (AvgIpc) is 3.13. The number of methoxy groups -OCH3 is 1. The molecule has 1 fully saturated rings. The van der Waals surface area contributed by atoms with Crippen LogP contribution in [-0.2, 0) is 5.54 Å². The van der Waals surface area contributed by atoms with E-state index < -0.39 is 5.54 Å². The molecule has 24 heavy (non-hydrogen) atoms. The summed E-state index contributed by atoms with van der Waals surface area (Å²) in [5.74, 6) is 1.43. The Bertz CT molecular complexity index is 691. The number of carbonyl (C=O) groups is 1. The Labute approximate surface area is 140 Å². The number of nitrogens with zero attached hydrogens (tertiary/aromatic N) is 4. The molecule has 1 aliphatic carbocycles. The predicted molar refractivity (Wildman–Crippen MR) is 88.1 cm³/mol. The Hall–Kier alpha value is -2.64. The van der Waals surface area contributed by atoms with E-state index in [4.69, 9.17) is 4.74 Å². The lowest BCUT2D eigenvalue weighted by Crippen LogP contribution is -2.51. The standard InChI is InChI=1S/C16H22N6O2/c1-17-15(23)18-16(10-4-3-5-11-16)14-19-20-21-22(14)12-6-8-13(24-2)9-7-12/h6-9H,3-5,10-11H2,1-2H3,(H2,17,18,23).